The van der Waals surface area contributed by atoms with Crippen LogP contribution in [0.3, 0.4) is 0 Å². The summed E-state index contributed by atoms with van der Waals surface area (Å²) < 4.78 is 5.15. The van der Waals surface area contributed by atoms with Gasteiger partial charge in [-0.3, -0.25) is 0 Å². The van der Waals surface area contributed by atoms with Crippen molar-refractivity contribution in [1.82, 2.24) is 4.98 Å². The van der Waals surface area contributed by atoms with E-state index in [-0.39, 0.29) is 6.04 Å². The summed E-state index contributed by atoms with van der Waals surface area (Å²) in [6.45, 7) is 4.87. The van der Waals surface area contributed by atoms with Crippen molar-refractivity contribution in [3.63, 3.8) is 0 Å². The molecule has 0 aliphatic carbocycles. The number of rotatable bonds is 5. The third kappa shape index (κ3) is 3.27. The van der Waals surface area contributed by atoms with E-state index in [4.69, 9.17) is 16.2 Å². The number of nitrogens with one attached hydrogen (secondary N) is 1. The van der Waals surface area contributed by atoms with Crippen LogP contribution in [0, 0.1) is 5.92 Å². The van der Waals surface area contributed by atoms with Gasteiger partial charge in [-0.05, 0) is 18.1 Å². The molecule has 5 heteroatoms. The van der Waals surface area contributed by atoms with Gasteiger partial charge in [-0.25, -0.2) is 4.98 Å². The van der Waals surface area contributed by atoms with Crippen LogP contribution < -0.4 is 16.8 Å². The summed E-state index contributed by atoms with van der Waals surface area (Å²) in [5.41, 5.74) is 11.7. The Morgan fingerprint density at radius 3 is 2.56 bits per heavy atom. The minimum Gasteiger partial charge on any atom is -0.396 e. The van der Waals surface area contributed by atoms with Crippen molar-refractivity contribution in [2.75, 3.05) is 30.5 Å². The Bertz CT molecular complexity index is 341. The maximum Gasteiger partial charge on any atom is 0.149 e. The fraction of sp³-hybridized carbons (Fsp3) is 0.545. The van der Waals surface area contributed by atoms with E-state index in [9.17, 15) is 0 Å². The highest BCUT2D eigenvalue weighted by Gasteiger charge is 2.13. The molecule has 5 nitrogen and oxygen atoms in total. The summed E-state index contributed by atoms with van der Waals surface area (Å²) >= 11 is 0. The molecule has 0 aromatic carbocycles. The monoisotopic (exact) mass is 224 g/mol. The number of anilines is 3. The smallest absolute Gasteiger partial charge is 0.149 e. The molecule has 0 radical (unpaired) electrons. The van der Waals surface area contributed by atoms with E-state index in [0.29, 0.717) is 24.0 Å². The SMILES string of the molecule is COCC(Nc1ccc(N)c(N)n1)C(C)C. The summed E-state index contributed by atoms with van der Waals surface area (Å²) in [5, 5.41) is 3.28. The summed E-state index contributed by atoms with van der Waals surface area (Å²) in [6.07, 6.45) is 0. The van der Waals surface area contributed by atoms with Crippen LogP contribution in [0.5, 0.6) is 0 Å². The van der Waals surface area contributed by atoms with Crippen molar-refractivity contribution in [2.45, 2.75) is 19.9 Å². The second-order valence-electron chi connectivity index (χ2n) is 4.12. The first kappa shape index (κ1) is 12.6. The average molecular weight is 224 g/mol. The van der Waals surface area contributed by atoms with Crippen LogP contribution in [-0.4, -0.2) is 24.7 Å². The van der Waals surface area contributed by atoms with E-state index in [0.717, 1.165) is 5.82 Å². The lowest BCUT2D eigenvalue weighted by Gasteiger charge is -2.22. The maximum atomic E-state index is 5.64. The molecule has 16 heavy (non-hydrogen) atoms. The molecule has 1 aromatic rings. The zero-order valence-corrected chi connectivity index (χ0v) is 10.0. The average Bonchev–Trinajstić information content (AvgIpc) is 2.22. The molecule has 1 rings (SSSR count). The van der Waals surface area contributed by atoms with Crippen molar-refractivity contribution < 1.29 is 4.74 Å². The number of aromatic nitrogens is 1. The molecule has 0 bridgehead atoms. The van der Waals surface area contributed by atoms with Crippen LogP contribution in [0.1, 0.15) is 13.8 Å². The fourth-order valence-corrected chi connectivity index (χ4v) is 1.34. The molecular weight excluding hydrogens is 204 g/mol. The van der Waals surface area contributed by atoms with E-state index >= 15 is 0 Å². The highest BCUT2D eigenvalue weighted by Crippen LogP contribution is 2.17. The Kier molecular flexibility index (Phi) is 4.37. The van der Waals surface area contributed by atoms with Gasteiger partial charge in [-0.1, -0.05) is 13.8 Å². The van der Waals surface area contributed by atoms with Gasteiger partial charge in [-0.15, -0.1) is 0 Å². The van der Waals surface area contributed by atoms with Crippen LogP contribution in [0.25, 0.3) is 0 Å². The van der Waals surface area contributed by atoms with E-state index in [1.165, 1.54) is 0 Å². The lowest BCUT2D eigenvalue weighted by molar-refractivity contribution is 0.171. The van der Waals surface area contributed by atoms with E-state index in [2.05, 4.69) is 24.1 Å². The fourth-order valence-electron chi connectivity index (χ4n) is 1.34. The van der Waals surface area contributed by atoms with Gasteiger partial charge in [0.1, 0.15) is 11.6 Å². The van der Waals surface area contributed by atoms with Gasteiger partial charge in [0.2, 0.25) is 0 Å². The Morgan fingerprint density at radius 2 is 2.06 bits per heavy atom. The van der Waals surface area contributed by atoms with Gasteiger partial charge in [0.25, 0.3) is 0 Å². The molecule has 1 atom stereocenters. The number of nitrogens with zero attached hydrogens (tertiary/aromatic N) is 1. The molecule has 0 fully saturated rings. The normalized spacial score (nSPS) is 12.8. The predicted molar refractivity (Wildman–Crippen MR) is 67.2 cm³/mol. The van der Waals surface area contributed by atoms with Crippen molar-refractivity contribution >= 4 is 17.3 Å². The van der Waals surface area contributed by atoms with Crippen molar-refractivity contribution in [3.8, 4) is 0 Å². The number of hydrogen-bond donors (Lipinski definition) is 3. The highest BCUT2D eigenvalue weighted by molar-refractivity contribution is 5.61. The molecule has 90 valence electrons. The number of nitrogen functional groups attached to an aromatic ring is 2. The van der Waals surface area contributed by atoms with Crippen LogP contribution in [0.2, 0.25) is 0 Å². The van der Waals surface area contributed by atoms with E-state index in [1.807, 2.05) is 6.07 Å². The summed E-state index contributed by atoms with van der Waals surface area (Å²) in [4.78, 5) is 4.16. The first-order valence-electron chi connectivity index (χ1n) is 5.32. The lowest BCUT2D eigenvalue weighted by atomic mass is 10.1. The quantitative estimate of drug-likeness (QED) is 0.702. The second-order valence-corrected chi connectivity index (χ2v) is 4.12. The molecule has 0 aliphatic heterocycles. The Morgan fingerprint density at radius 1 is 1.38 bits per heavy atom. The maximum absolute atomic E-state index is 5.64. The van der Waals surface area contributed by atoms with Gasteiger partial charge in [0, 0.05) is 7.11 Å². The molecule has 5 N–H and O–H groups in total. The van der Waals surface area contributed by atoms with Crippen LogP contribution >= 0.6 is 0 Å². The number of ether oxygens (including phenoxy) is 1. The molecular formula is C11H20N4O. The number of nitrogens with two attached hydrogens (primary N) is 2. The molecule has 1 unspecified atom stereocenters. The van der Waals surface area contributed by atoms with Crippen LogP contribution in [-0.2, 0) is 4.74 Å². The third-order valence-corrected chi connectivity index (χ3v) is 2.44. The van der Waals surface area contributed by atoms with Crippen molar-refractivity contribution in [3.05, 3.63) is 12.1 Å². The first-order chi connectivity index (χ1) is 7.54. The standard InChI is InChI=1S/C11H20N4O/c1-7(2)9(6-16-3)14-10-5-4-8(12)11(13)15-10/h4-5,7,9H,6,12H2,1-3H3,(H3,13,14,15). The van der Waals surface area contributed by atoms with Crippen molar-refractivity contribution in [1.29, 1.82) is 0 Å². The molecule has 1 heterocycles. The molecule has 0 saturated carbocycles. The van der Waals surface area contributed by atoms with Gasteiger partial charge < -0.3 is 21.5 Å². The molecule has 0 spiro atoms. The summed E-state index contributed by atoms with van der Waals surface area (Å²) in [6, 6.07) is 3.77. The van der Waals surface area contributed by atoms with E-state index in [1.54, 1.807) is 13.2 Å². The first-order valence-corrected chi connectivity index (χ1v) is 5.32. The van der Waals surface area contributed by atoms with Gasteiger partial charge >= 0.3 is 0 Å². The molecule has 1 aromatic heterocycles. The Labute approximate surface area is 96.2 Å². The van der Waals surface area contributed by atoms with Gasteiger partial charge in [0.15, 0.2) is 0 Å². The van der Waals surface area contributed by atoms with E-state index < -0.39 is 0 Å². The molecule has 0 amide bonds. The minimum atomic E-state index is 0.209. The highest BCUT2D eigenvalue weighted by atomic mass is 16.5. The number of pyridine rings is 1. The summed E-state index contributed by atoms with van der Waals surface area (Å²) in [7, 11) is 1.68. The third-order valence-electron chi connectivity index (χ3n) is 2.44. The molecule has 0 saturated heterocycles. The Balaban J connectivity index is 2.73. The minimum absolute atomic E-state index is 0.209. The topological polar surface area (TPSA) is 86.2 Å². The zero-order chi connectivity index (χ0) is 12.1. The predicted octanol–water partition coefficient (Wildman–Crippen LogP) is 1.33. The number of methoxy groups -OCH3 is 1. The largest absolute Gasteiger partial charge is 0.396 e. The number of hydrogen-bond acceptors (Lipinski definition) is 5. The van der Waals surface area contributed by atoms with Gasteiger partial charge in [0.05, 0.1) is 18.3 Å². The lowest BCUT2D eigenvalue weighted by Crippen LogP contribution is -2.30. The second kappa shape index (κ2) is 5.55. The van der Waals surface area contributed by atoms with Crippen LogP contribution in [0.15, 0.2) is 12.1 Å². The molecule has 0 aliphatic rings. The summed E-state index contributed by atoms with van der Waals surface area (Å²) in [5.74, 6) is 1.52. The van der Waals surface area contributed by atoms with Gasteiger partial charge in [-0.2, -0.15) is 0 Å². The zero-order valence-electron chi connectivity index (χ0n) is 10.0. The van der Waals surface area contributed by atoms with Crippen LogP contribution in [0.4, 0.5) is 17.3 Å². The Hall–Kier alpha value is -1.49. The van der Waals surface area contributed by atoms with Crippen molar-refractivity contribution in [2.24, 2.45) is 5.92 Å².